The van der Waals surface area contributed by atoms with Gasteiger partial charge in [0.15, 0.2) is 0 Å². The van der Waals surface area contributed by atoms with Crippen molar-refractivity contribution in [3.8, 4) is 5.75 Å². The van der Waals surface area contributed by atoms with Crippen LogP contribution in [0.5, 0.6) is 5.75 Å². The van der Waals surface area contributed by atoms with Crippen LogP contribution in [0.15, 0.2) is 48.5 Å². The zero-order valence-corrected chi connectivity index (χ0v) is 15.7. The van der Waals surface area contributed by atoms with Gasteiger partial charge < -0.3 is 14.7 Å². The van der Waals surface area contributed by atoms with E-state index in [1.54, 1.807) is 17.5 Å². The number of nitrogens with zero attached hydrogens (tertiary/aromatic N) is 1. The van der Waals surface area contributed by atoms with Gasteiger partial charge in [-0.3, -0.25) is 14.8 Å². The van der Waals surface area contributed by atoms with Crippen LogP contribution in [0.1, 0.15) is 35.6 Å². The van der Waals surface area contributed by atoms with Crippen LogP contribution in [0.4, 0.5) is 0 Å². The van der Waals surface area contributed by atoms with Crippen LogP contribution >= 0.6 is 0 Å². The fourth-order valence-electron chi connectivity index (χ4n) is 3.66. The van der Waals surface area contributed by atoms with E-state index in [2.05, 4.69) is 0 Å². The lowest BCUT2D eigenvalue weighted by Gasteiger charge is -2.32. The molecular formula is C21H24N2O5. The van der Waals surface area contributed by atoms with Crippen molar-refractivity contribution in [2.45, 2.75) is 38.0 Å². The first-order chi connectivity index (χ1) is 13.5. The maximum atomic E-state index is 13.0. The monoisotopic (exact) mass is 384 g/mol. The number of carbonyl (C=O) groups excluding carboxylic acids is 2. The number of aliphatic hydroxyl groups is 1. The number of hydrogen-bond donors (Lipinski definition) is 3. The van der Waals surface area contributed by atoms with Crippen LogP contribution in [0.2, 0.25) is 0 Å². The quantitative estimate of drug-likeness (QED) is 0.501. The number of carbonyl (C=O) groups is 2. The molecule has 0 saturated carbocycles. The number of amides is 2. The van der Waals surface area contributed by atoms with Gasteiger partial charge in [-0.2, -0.15) is 0 Å². The first-order valence-corrected chi connectivity index (χ1v) is 9.14. The van der Waals surface area contributed by atoms with Gasteiger partial charge in [-0.15, -0.1) is 0 Å². The van der Waals surface area contributed by atoms with Crippen molar-refractivity contribution in [2.24, 2.45) is 0 Å². The summed E-state index contributed by atoms with van der Waals surface area (Å²) in [6.45, 7) is 0.271. The van der Waals surface area contributed by atoms with Crippen LogP contribution in [0.3, 0.4) is 0 Å². The molecule has 2 aromatic rings. The van der Waals surface area contributed by atoms with E-state index in [9.17, 15) is 14.7 Å². The van der Waals surface area contributed by atoms with E-state index in [1.807, 2.05) is 48.5 Å². The summed E-state index contributed by atoms with van der Waals surface area (Å²) in [6, 6.07) is 14.6. The maximum absolute atomic E-state index is 13.0. The molecule has 28 heavy (non-hydrogen) atoms. The fraction of sp³-hybridized carbons (Fsp3) is 0.333. The molecule has 0 heterocycles. The summed E-state index contributed by atoms with van der Waals surface area (Å²) >= 11 is 0. The minimum absolute atomic E-state index is 0.0677. The predicted molar refractivity (Wildman–Crippen MR) is 102 cm³/mol. The summed E-state index contributed by atoms with van der Waals surface area (Å²) in [4.78, 5) is 26.0. The first-order valence-electron chi connectivity index (χ1n) is 9.14. The highest BCUT2D eigenvalue weighted by molar-refractivity contribution is 5.83. The van der Waals surface area contributed by atoms with Crippen molar-refractivity contribution >= 4 is 11.8 Å². The molecule has 0 aliphatic heterocycles. The molecular weight excluding hydrogens is 360 g/mol. The van der Waals surface area contributed by atoms with Crippen molar-refractivity contribution in [2.75, 3.05) is 7.11 Å². The third kappa shape index (κ3) is 4.32. The van der Waals surface area contributed by atoms with E-state index in [4.69, 9.17) is 9.94 Å². The van der Waals surface area contributed by atoms with Gasteiger partial charge >= 0.3 is 0 Å². The predicted octanol–water partition coefficient (Wildman–Crippen LogP) is 1.97. The molecule has 7 heteroatoms. The zero-order chi connectivity index (χ0) is 20.1. The van der Waals surface area contributed by atoms with Crippen LogP contribution < -0.4 is 10.2 Å². The van der Waals surface area contributed by atoms with Gasteiger partial charge in [-0.05, 0) is 28.8 Å². The zero-order valence-electron chi connectivity index (χ0n) is 15.7. The van der Waals surface area contributed by atoms with Gasteiger partial charge in [-0.25, -0.2) is 5.48 Å². The highest BCUT2D eigenvalue weighted by Crippen LogP contribution is 2.37. The largest absolute Gasteiger partial charge is 0.497 e. The number of ether oxygens (including phenoxy) is 1. The van der Waals surface area contributed by atoms with Gasteiger partial charge in [0.25, 0.3) is 0 Å². The summed E-state index contributed by atoms with van der Waals surface area (Å²) in [5, 5.41) is 19.4. The van der Waals surface area contributed by atoms with E-state index in [1.165, 1.54) is 0 Å². The molecule has 0 unspecified atom stereocenters. The Kier molecular flexibility index (Phi) is 6.28. The van der Waals surface area contributed by atoms with Crippen molar-refractivity contribution in [1.82, 2.24) is 10.4 Å². The first kappa shape index (κ1) is 19.9. The second-order valence-electron chi connectivity index (χ2n) is 6.82. The number of rotatable bonds is 7. The second kappa shape index (κ2) is 8.86. The SMILES string of the molecule is COc1cccc(CN(C(=O)CCC(=O)NO)[C@H]2c3ccccc3C[C@H]2O)c1. The number of methoxy groups -OCH3 is 1. The van der Waals surface area contributed by atoms with E-state index >= 15 is 0 Å². The van der Waals surface area contributed by atoms with E-state index in [-0.39, 0.29) is 25.3 Å². The average Bonchev–Trinajstić information content (AvgIpc) is 3.05. The Morgan fingerprint density at radius 3 is 2.71 bits per heavy atom. The van der Waals surface area contributed by atoms with Crippen LogP contribution in [-0.4, -0.2) is 40.2 Å². The molecule has 2 amide bonds. The highest BCUT2D eigenvalue weighted by atomic mass is 16.5. The Bertz CT molecular complexity index is 854. The molecule has 0 radical (unpaired) electrons. The smallest absolute Gasteiger partial charge is 0.243 e. The van der Waals surface area contributed by atoms with Gasteiger partial charge in [0.05, 0.1) is 19.3 Å². The van der Waals surface area contributed by atoms with Gasteiger partial charge in [-0.1, -0.05) is 36.4 Å². The lowest BCUT2D eigenvalue weighted by Crippen LogP contribution is -2.39. The molecule has 3 rings (SSSR count). The van der Waals surface area contributed by atoms with E-state index in [0.717, 1.165) is 16.7 Å². The van der Waals surface area contributed by atoms with Gasteiger partial charge in [0.1, 0.15) is 5.75 Å². The number of fused-ring (bicyclic) bond motifs is 1. The summed E-state index contributed by atoms with van der Waals surface area (Å²) < 4.78 is 5.26. The summed E-state index contributed by atoms with van der Waals surface area (Å²) in [5.41, 5.74) is 4.33. The molecule has 0 fully saturated rings. The third-order valence-electron chi connectivity index (χ3n) is 5.00. The molecule has 1 aliphatic rings. The molecule has 1 aliphatic carbocycles. The number of nitrogens with one attached hydrogen (secondary N) is 1. The Balaban J connectivity index is 1.90. The normalized spacial score (nSPS) is 17.7. The van der Waals surface area contributed by atoms with Crippen LogP contribution in [-0.2, 0) is 22.6 Å². The van der Waals surface area contributed by atoms with Crippen molar-refractivity contribution in [1.29, 1.82) is 0 Å². The lowest BCUT2D eigenvalue weighted by atomic mass is 10.0. The number of aliphatic hydroxyl groups excluding tert-OH is 1. The summed E-state index contributed by atoms with van der Waals surface area (Å²) in [6.07, 6.45) is -0.450. The fourth-order valence-corrected chi connectivity index (χ4v) is 3.66. The number of hydrogen-bond acceptors (Lipinski definition) is 5. The minimum Gasteiger partial charge on any atom is -0.497 e. The second-order valence-corrected chi connectivity index (χ2v) is 6.82. The third-order valence-corrected chi connectivity index (χ3v) is 5.00. The maximum Gasteiger partial charge on any atom is 0.243 e. The van der Waals surface area contributed by atoms with Crippen LogP contribution in [0, 0.1) is 0 Å². The number of hydroxylamine groups is 1. The molecule has 7 nitrogen and oxygen atoms in total. The van der Waals surface area contributed by atoms with Gasteiger partial charge in [0.2, 0.25) is 11.8 Å². The van der Waals surface area contributed by atoms with Crippen molar-refractivity contribution < 1.29 is 24.6 Å². The number of benzene rings is 2. The average molecular weight is 384 g/mol. The van der Waals surface area contributed by atoms with Crippen molar-refractivity contribution in [3.63, 3.8) is 0 Å². The Labute approximate surface area is 163 Å². The van der Waals surface area contributed by atoms with Crippen molar-refractivity contribution in [3.05, 3.63) is 65.2 Å². The molecule has 0 bridgehead atoms. The molecule has 2 aromatic carbocycles. The van der Waals surface area contributed by atoms with E-state index < -0.39 is 18.1 Å². The minimum atomic E-state index is -0.723. The summed E-state index contributed by atoms with van der Waals surface area (Å²) in [5.74, 6) is -0.217. The molecule has 3 N–H and O–H groups in total. The molecule has 0 aromatic heterocycles. The van der Waals surface area contributed by atoms with Crippen LogP contribution in [0.25, 0.3) is 0 Å². The standard InChI is InChI=1S/C21H24N2O5/c1-28-16-7-4-5-14(11-16)13-23(20(26)10-9-19(25)22-27)21-17-8-3-2-6-15(17)12-18(21)24/h2-8,11,18,21,24,27H,9-10,12-13H2,1H3,(H,22,25)/t18-,21+/m1/s1. The molecule has 148 valence electrons. The molecule has 2 atom stereocenters. The Morgan fingerprint density at radius 2 is 1.96 bits per heavy atom. The summed E-state index contributed by atoms with van der Waals surface area (Å²) in [7, 11) is 1.58. The molecule has 0 spiro atoms. The highest BCUT2D eigenvalue weighted by Gasteiger charge is 2.37. The van der Waals surface area contributed by atoms with E-state index in [0.29, 0.717) is 12.2 Å². The Hall–Kier alpha value is -2.90. The Morgan fingerprint density at radius 1 is 1.18 bits per heavy atom. The lowest BCUT2D eigenvalue weighted by molar-refractivity contribution is -0.140. The molecule has 0 saturated heterocycles. The van der Waals surface area contributed by atoms with Gasteiger partial charge in [0, 0.05) is 25.8 Å². The topological polar surface area (TPSA) is 99.1 Å².